The number of benzene rings is 1. The van der Waals surface area contributed by atoms with E-state index in [0.29, 0.717) is 16.4 Å². The number of halogens is 1. The molecule has 0 aliphatic heterocycles. The van der Waals surface area contributed by atoms with Crippen molar-refractivity contribution in [2.45, 2.75) is 58.1 Å². The third kappa shape index (κ3) is 5.24. The molecule has 1 unspecified atom stereocenters. The molecule has 0 bridgehead atoms. The minimum atomic E-state index is -0.808. The molecule has 0 spiro atoms. The molecule has 1 fully saturated rings. The molecule has 28 heavy (non-hydrogen) atoms. The second kappa shape index (κ2) is 9.39. The van der Waals surface area contributed by atoms with Gasteiger partial charge in [-0.05, 0) is 48.6 Å². The minimum absolute atomic E-state index is 0.135. The Balaban J connectivity index is 1.75. The molecule has 1 aliphatic carbocycles. The first-order valence-corrected chi connectivity index (χ1v) is 10.3. The van der Waals surface area contributed by atoms with Gasteiger partial charge in [0.05, 0.1) is 5.56 Å². The van der Waals surface area contributed by atoms with Crippen molar-refractivity contribution in [3.8, 4) is 0 Å². The molecule has 3 N–H and O–H groups in total. The van der Waals surface area contributed by atoms with E-state index >= 15 is 0 Å². The molecular weight excluding hydrogens is 374 g/mol. The molecule has 1 aliphatic rings. The van der Waals surface area contributed by atoms with Gasteiger partial charge < -0.3 is 15.7 Å². The number of nitrogens with one attached hydrogen (secondary N) is 2. The van der Waals surface area contributed by atoms with Gasteiger partial charge in [-0.15, -0.1) is 0 Å². The quantitative estimate of drug-likeness (QED) is 0.579. The van der Waals surface area contributed by atoms with E-state index < -0.39 is 6.23 Å². The molecule has 1 heterocycles. The Morgan fingerprint density at radius 1 is 1.21 bits per heavy atom. The zero-order valence-electron chi connectivity index (χ0n) is 16.4. The second-order valence-electron chi connectivity index (χ2n) is 7.76. The summed E-state index contributed by atoms with van der Waals surface area (Å²) >= 11 is 6.03. The lowest BCUT2D eigenvalue weighted by Gasteiger charge is -2.27. The number of carbonyl (C=O) groups excluding carboxylic acids is 1. The summed E-state index contributed by atoms with van der Waals surface area (Å²) in [5.74, 6) is 0.645. The van der Waals surface area contributed by atoms with Gasteiger partial charge in [0, 0.05) is 22.8 Å². The molecule has 1 aromatic carbocycles. The van der Waals surface area contributed by atoms with Crippen LogP contribution >= 0.6 is 11.6 Å². The first-order chi connectivity index (χ1) is 13.4. The van der Waals surface area contributed by atoms with Crippen molar-refractivity contribution < 1.29 is 9.90 Å². The van der Waals surface area contributed by atoms with Crippen LogP contribution in [0.5, 0.6) is 0 Å². The molecule has 150 valence electrons. The number of amides is 1. The van der Waals surface area contributed by atoms with Crippen LogP contribution < -0.4 is 10.6 Å². The molecule has 0 saturated heterocycles. The Morgan fingerprint density at radius 3 is 2.64 bits per heavy atom. The number of aliphatic hydroxyl groups excluding tert-OH is 1. The van der Waals surface area contributed by atoms with Gasteiger partial charge in [-0.2, -0.15) is 0 Å². The van der Waals surface area contributed by atoms with Gasteiger partial charge in [0.25, 0.3) is 5.91 Å². The first-order valence-electron chi connectivity index (χ1n) is 9.95. The summed E-state index contributed by atoms with van der Waals surface area (Å²) in [6.45, 7) is 4.07. The van der Waals surface area contributed by atoms with Gasteiger partial charge in [0.2, 0.25) is 0 Å². The number of aliphatic hydroxyl groups is 1. The van der Waals surface area contributed by atoms with E-state index in [4.69, 9.17) is 11.6 Å². The number of anilines is 2. The third-order valence-corrected chi connectivity index (χ3v) is 5.51. The summed E-state index contributed by atoms with van der Waals surface area (Å²) in [4.78, 5) is 17.2. The fourth-order valence-corrected chi connectivity index (χ4v) is 3.89. The summed E-state index contributed by atoms with van der Waals surface area (Å²) < 4.78 is 0. The summed E-state index contributed by atoms with van der Waals surface area (Å²) in [5, 5.41) is 17.1. The Bertz CT molecular complexity index is 819. The van der Waals surface area contributed by atoms with E-state index in [1.807, 2.05) is 44.2 Å². The lowest BCUT2D eigenvalue weighted by molar-refractivity contribution is 0.0462. The summed E-state index contributed by atoms with van der Waals surface area (Å²) in [7, 11) is 0. The standard InChI is InChI=1S/C22H28ClN3O2/c1-14(2)18-12-20(25-17-10-6-9-16(23)11-17)24-13-19(18)22(28)26-21(27)15-7-4-3-5-8-15/h6,9-15,21,27H,3-5,7-8H2,1-2H3,(H,24,25)(H,26,28). The normalized spacial score (nSPS) is 16.0. The van der Waals surface area contributed by atoms with Crippen LogP contribution in [0.3, 0.4) is 0 Å². The largest absolute Gasteiger partial charge is 0.373 e. The van der Waals surface area contributed by atoms with Crippen molar-refractivity contribution >= 4 is 29.0 Å². The maximum Gasteiger partial charge on any atom is 0.255 e. The molecule has 1 aromatic heterocycles. The predicted molar refractivity (Wildman–Crippen MR) is 113 cm³/mol. The van der Waals surface area contributed by atoms with Crippen LogP contribution in [0.15, 0.2) is 36.5 Å². The van der Waals surface area contributed by atoms with E-state index in [9.17, 15) is 9.90 Å². The van der Waals surface area contributed by atoms with E-state index in [-0.39, 0.29) is 17.7 Å². The van der Waals surface area contributed by atoms with Crippen LogP contribution in [0.4, 0.5) is 11.5 Å². The van der Waals surface area contributed by atoms with Gasteiger partial charge >= 0.3 is 0 Å². The van der Waals surface area contributed by atoms with Crippen LogP contribution in [-0.2, 0) is 0 Å². The van der Waals surface area contributed by atoms with E-state index in [1.54, 1.807) is 6.20 Å². The Kier molecular flexibility index (Phi) is 6.92. The average molecular weight is 402 g/mol. The van der Waals surface area contributed by atoms with Crippen molar-refractivity contribution in [1.82, 2.24) is 10.3 Å². The van der Waals surface area contributed by atoms with Gasteiger partial charge in [0.15, 0.2) is 0 Å². The number of carbonyl (C=O) groups is 1. The number of nitrogens with zero attached hydrogens (tertiary/aromatic N) is 1. The molecule has 2 aromatic rings. The van der Waals surface area contributed by atoms with Crippen molar-refractivity contribution in [1.29, 1.82) is 0 Å². The lowest BCUT2D eigenvalue weighted by atomic mass is 9.88. The maximum absolute atomic E-state index is 12.8. The van der Waals surface area contributed by atoms with Crippen molar-refractivity contribution in [3.05, 3.63) is 52.7 Å². The monoisotopic (exact) mass is 401 g/mol. The Morgan fingerprint density at radius 2 is 1.96 bits per heavy atom. The molecule has 1 atom stereocenters. The lowest BCUT2D eigenvalue weighted by Crippen LogP contribution is -2.41. The smallest absolute Gasteiger partial charge is 0.255 e. The number of hydrogen-bond acceptors (Lipinski definition) is 4. The van der Waals surface area contributed by atoms with Crippen molar-refractivity contribution in [3.63, 3.8) is 0 Å². The van der Waals surface area contributed by atoms with Gasteiger partial charge in [-0.25, -0.2) is 4.98 Å². The number of pyridine rings is 1. The number of aromatic nitrogens is 1. The van der Waals surface area contributed by atoms with Gasteiger partial charge in [-0.1, -0.05) is 50.8 Å². The minimum Gasteiger partial charge on any atom is -0.373 e. The Hall–Kier alpha value is -2.11. The topological polar surface area (TPSA) is 74.2 Å². The van der Waals surface area contributed by atoms with Crippen LogP contribution in [0.2, 0.25) is 5.02 Å². The highest BCUT2D eigenvalue weighted by atomic mass is 35.5. The van der Waals surface area contributed by atoms with E-state index in [1.165, 1.54) is 6.42 Å². The van der Waals surface area contributed by atoms with Crippen molar-refractivity contribution in [2.75, 3.05) is 5.32 Å². The Labute approximate surface area is 171 Å². The second-order valence-corrected chi connectivity index (χ2v) is 8.20. The zero-order chi connectivity index (χ0) is 20.1. The highest BCUT2D eigenvalue weighted by molar-refractivity contribution is 6.30. The summed E-state index contributed by atoms with van der Waals surface area (Å²) in [5.41, 5.74) is 2.22. The number of hydrogen-bond donors (Lipinski definition) is 3. The third-order valence-electron chi connectivity index (χ3n) is 5.27. The van der Waals surface area contributed by atoms with E-state index in [2.05, 4.69) is 15.6 Å². The zero-order valence-corrected chi connectivity index (χ0v) is 17.2. The highest BCUT2D eigenvalue weighted by Crippen LogP contribution is 2.27. The van der Waals surface area contributed by atoms with Gasteiger partial charge in [0.1, 0.15) is 12.0 Å². The van der Waals surface area contributed by atoms with Crippen LogP contribution in [0.1, 0.15) is 67.8 Å². The SMILES string of the molecule is CC(C)c1cc(Nc2cccc(Cl)c2)ncc1C(=O)NC(O)C1CCCCC1. The fourth-order valence-electron chi connectivity index (χ4n) is 3.70. The molecular formula is C22H28ClN3O2. The highest BCUT2D eigenvalue weighted by Gasteiger charge is 2.25. The fraction of sp³-hybridized carbons (Fsp3) is 0.455. The molecule has 5 nitrogen and oxygen atoms in total. The molecule has 1 saturated carbocycles. The van der Waals surface area contributed by atoms with Crippen LogP contribution in [0.25, 0.3) is 0 Å². The van der Waals surface area contributed by atoms with Crippen LogP contribution in [0, 0.1) is 5.92 Å². The maximum atomic E-state index is 12.8. The first kappa shape index (κ1) is 20.6. The molecule has 3 rings (SSSR count). The molecule has 6 heteroatoms. The summed E-state index contributed by atoms with van der Waals surface area (Å²) in [6.07, 6.45) is 6.11. The molecule has 0 radical (unpaired) electrons. The van der Waals surface area contributed by atoms with Gasteiger partial charge in [-0.3, -0.25) is 4.79 Å². The van der Waals surface area contributed by atoms with Crippen molar-refractivity contribution in [2.24, 2.45) is 5.92 Å². The average Bonchev–Trinajstić information content (AvgIpc) is 2.68. The number of rotatable bonds is 6. The van der Waals surface area contributed by atoms with E-state index in [0.717, 1.165) is 36.9 Å². The van der Waals surface area contributed by atoms with Crippen LogP contribution in [-0.4, -0.2) is 22.2 Å². The predicted octanol–water partition coefficient (Wildman–Crippen LogP) is 5.23. The summed E-state index contributed by atoms with van der Waals surface area (Å²) in [6, 6.07) is 9.28. The molecule has 1 amide bonds.